The number of hydrogen-bond acceptors (Lipinski definition) is 5. The zero-order chi connectivity index (χ0) is 13.8. The van der Waals surface area contributed by atoms with Gasteiger partial charge in [-0.3, -0.25) is 0 Å². The summed E-state index contributed by atoms with van der Waals surface area (Å²) in [6.07, 6.45) is 1.83. The van der Waals surface area contributed by atoms with Gasteiger partial charge in [-0.2, -0.15) is 0 Å². The quantitative estimate of drug-likeness (QED) is 0.939. The summed E-state index contributed by atoms with van der Waals surface area (Å²) in [6.45, 7) is 3.91. The first-order valence-corrected chi connectivity index (χ1v) is 6.96. The van der Waals surface area contributed by atoms with Crippen molar-refractivity contribution in [3.8, 4) is 0 Å². The molecule has 20 heavy (non-hydrogen) atoms. The third kappa shape index (κ3) is 3.23. The number of hydrogen-bond donors (Lipinski definition) is 1. The van der Waals surface area contributed by atoms with Gasteiger partial charge < -0.3 is 19.4 Å². The van der Waals surface area contributed by atoms with Gasteiger partial charge in [-0.1, -0.05) is 0 Å². The number of nitrogens with one attached hydrogen (secondary N) is 1. The first-order chi connectivity index (χ1) is 9.81. The molecule has 0 bridgehead atoms. The Morgan fingerprint density at radius 1 is 1.20 bits per heavy atom. The summed E-state index contributed by atoms with van der Waals surface area (Å²) in [5.41, 5.74) is 0.953. The fraction of sp³-hybridized carbons (Fsp3) is 0.357. The molecule has 2 aromatic heterocycles. The van der Waals surface area contributed by atoms with E-state index in [1.807, 2.05) is 24.4 Å². The van der Waals surface area contributed by atoms with E-state index in [9.17, 15) is 0 Å². The third-order valence-corrected chi connectivity index (χ3v) is 3.38. The summed E-state index contributed by atoms with van der Waals surface area (Å²) in [5, 5.41) is 3.65. The number of ether oxygens (including phenoxy) is 1. The van der Waals surface area contributed by atoms with Crippen LogP contribution in [0.5, 0.6) is 0 Å². The molecule has 1 N–H and O–H groups in total. The minimum atomic E-state index is 0.405. The first-order valence-electron chi connectivity index (χ1n) is 6.58. The van der Waals surface area contributed by atoms with Gasteiger partial charge in [-0.25, -0.2) is 4.98 Å². The second-order valence-electron chi connectivity index (χ2n) is 4.56. The molecule has 0 atom stereocenters. The van der Waals surface area contributed by atoms with Crippen molar-refractivity contribution in [2.24, 2.45) is 0 Å². The largest absolute Gasteiger partial charge is 0.448 e. The second kappa shape index (κ2) is 6.15. The molecule has 0 unspecified atom stereocenters. The van der Waals surface area contributed by atoms with Gasteiger partial charge >= 0.3 is 0 Å². The highest BCUT2D eigenvalue weighted by molar-refractivity contribution is 6.28. The van der Waals surface area contributed by atoms with Crippen molar-refractivity contribution in [3.63, 3.8) is 0 Å². The van der Waals surface area contributed by atoms with Crippen LogP contribution in [0.1, 0.15) is 5.76 Å². The maximum atomic E-state index is 5.73. The predicted molar refractivity (Wildman–Crippen MR) is 78.3 cm³/mol. The topological polar surface area (TPSA) is 50.5 Å². The Balaban J connectivity index is 1.58. The maximum Gasteiger partial charge on any atom is 0.193 e. The molecule has 2 aromatic rings. The van der Waals surface area contributed by atoms with E-state index >= 15 is 0 Å². The summed E-state index contributed by atoms with van der Waals surface area (Å²) < 4.78 is 10.6. The molecule has 0 amide bonds. The van der Waals surface area contributed by atoms with Gasteiger partial charge in [0.05, 0.1) is 31.6 Å². The average Bonchev–Trinajstić information content (AvgIpc) is 2.92. The number of halogens is 1. The Labute approximate surface area is 122 Å². The minimum absolute atomic E-state index is 0.405. The minimum Gasteiger partial charge on any atom is -0.448 e. The van der Waals surface area contributed by atoms with Gasteiger partial charge in [0.1, 0.15) is 11.6 Å². The van der Waals surface area contributed by atoms with E-state index in [0.717, 1.165) is 43.6 Å². The van der Waals surface area contributed by atoms with Gasteiger partial charge in [0.2, 0.25) is 0 Å². The third-order valence-electron chi connectivity index (χ3n) is 3.18. The number of morpholine rings is 1. The van der Waals surface area contributed by atoms with Gasteiger partial charge in [-0.15, -0.1) is 0 Å². The zero-order valence-corrected chi connectivity index (χ0v) is 11.8. The van der Waals surface area contributed by atoms with E-state index < -0.39 is 0 Å². The molecule has 0 radical (unpaired) electrons. The van der Waals surface area contributed by atoms with Crippen molar-refractivity contribution in [3.05, 3.63) is 41.4 Å². The van der Waals surface area contributed by atoms with Crippen LogP contribution in [0.2, 0.25) is 5.22 Å². The number of rotatable bonds is 4. The van der Waals surface area contributed by atoms with Gasteiger partial charge in [0.25, 0.3) is 0 Å². The molecule has 3 rings (SSSR count). The lowest BCUT2D eigenvalue weighted by molar-refractivity contribution is 0.122. The summed E-state index contributed by atoms with van der Waals surface area (Å²) in [6, 6.07) is 7.62. The Morgan fingerprint density at radius 2 is 2.05 bits per heavy atom. The number of anilines is 2. The molecule has 3 heterocycles. The SMILES string of the molecule is Clc1ccc(CNc2ccc(N3CCOCC3)nc2)o1. The van der Waals surface area contributed by atoms with Crippen LogP contribution in [0.15, 0.2) is 34.9 Å². The molecule has 0 aromatic carbocycles. The molecule has 1 aliphatic rings. The smallest absolute Gasteiger partial charge is 0.193 e. The summed E-state index contributed by atoms with van der Waals surface area (Å²) in [7, 11) is 0. The zero-order valence-electron chi connectivity index (χ0n) is 11.0. The normalized spacial score (nSPS) is 15.3. The van der Waals surface area contributed by atoms with Crippen LogP contribution < -0.4 is 10.2 Å². The Kier molecular flexibility index (Phi) is 4.08. The molecule has 1 saturated heterocycles. The van der Waals surface area contributed by atoms with E-state index in [-0.39, 0.29) is 0 Å². The van der Waals surface area contributed by atoms with Crippen LogP contribution in [0, 0.1) is 0 Å². The van der Waals surface area contributed by atoms with Crippen LogP contribution in [-0.4, -0.2) is 31.3 Å². The van der Waals surface area contributed by atoms with Gasteiger partial charge in [0, 0.05) is 13.1 Å². The van der Waals surface area contributed by atoms with Crippen molar-refractivity contribution in [1.82, 2.24) is 4.98 Å². The average molecular weight is 294 g/mol. The maximum absolute atomic E-state index is 5.73. The lowest BCUT2D eigenvalue weighted by atomic mass is 10.3. The van der Waals surface area contributed by atoms with Gasteiger partial charge in [0.15, 0.2) is 5.22 Å². The van der Waals surface area contributed by atoms with Crippen molar-refractivity contribution >= 4 is 23.1 Å². The van der Waals surface area contributed by atoms with Crippen molar-refractivity contribution in [1.29, 1.82) is 0 Å². The van der Waals surface area contributed by atoms with E-state index in [4.69, 9.17) is 20.8 Å². The highest BCUT2D eigenvalue weighted by atomic mass is 35.5. The van der Waals surface area contributed by atoms with Crippen LogP contribution in [0.3, 0.4) is 0 Å². The molecule has 0 spiro atoms. The monoisotopic (exact) mass is 293 g/mol. The highest BCUT2D eigenvalue weighted by Crippen LogP contribution is 2.17. The molecule has 1 aliphatic heterocycles. The number of aromatic nitrogens is 1. The van der Waals surface area contributed by atoms with Crippen LogP contribution in [0.25, 0.3) is 0 Å². The van der Waals surface area contributed by atoms with Gasteiger partial charge in [-0.05, 0) is 35.9 Å². The summed E-state index contributed by atoms with van der Waals surface area (Å²) in [5.74, 6) is 1.78. The fourth-order valence-electron chi connectivity index (χ4n) is 2.11. The van der Waals surface area contributed by atoms with Crippen molar-refractivity contribution in [2.75, 3.05) is 36.5 Å². The van der Waals surface area contributed by atoms with E-state index in [1.165, 1.54) is 0 Å². The van der Waals surface area contributed by atoms with Crippen LogP contribution in [0.4, 0.5) is 11.5 Å². The van der Waals surface area contributed by atoms with Crippen molar-refractivity contribution < 1.29 is 9.15 Å². The summed E-state index contributed by atoms with van der Waals surface area (Å²) in [4.78, 5) is 6.69. The van der Waals surface area contributed by atoms with Crippen LogP contribution >= 0.6 is 11.6 Å². The fourth-order valence-corrected chi connectivity index (χ4v) is 2.27. The lowest BCUT2D eigenvalue weighted by Crippen LogP contribution is -2.36. The molecule has 1 fully saturated rings. The van der Waals surface area contributed by atoms with Crippen LogP contribution in [-0.2, 0) is 11.3 Å². The molecule has 0 aliphatic carbocycles. The van der Waals surface area contributed by atoms with E-state index in [1.54, 1.807) is 6.07 Å². The second-order valence-corrected chi connectivity index (χ2v) is 4.94. The first kappa shape index (κ1) is 13.3. The number of furan rings is 1. The molecular formula is C14H16ClN3O2. The Morgan fingerprint density at radius 3 is 2.70 bits per heavy atom. The van der Waals surface area contributed by atoms with Crippen molar-refractivity contribution in [2.45, 2.75) is 6.54 Å². The lowest BCUT2D eigenvalue weighted by Gasteiger charge is -2.27. The number of nitrogens with zero attached hydrogens (tertiary/aromatic N) is 2. The highest BCUT2D eigenvalue weighted by Gasteiger charge is 2.11. The predicted octanol–water partition coefficient (Wildman–Crippen LogP) is 2.78. The molecule has 106 valence electrons. The Bertz CT molecular complexity index is 550. The Hall–Kier alpha value is -1.72. The molecule has 0 saturated carbocycles. The molecule has 6 heteroatoms. The molecule has 5 nitrogen and oxygen atoms in total. The summed E-state index contributed by atoms with van der Waals surface area (Å²) >= 11 is 5.73. The standard InChI is InChI=1S/C14H16ClN3O2/c15-13-3-2-12(20-13)10-16-11-1-4-14(17-9-11)18-5-7-19-8-6-18/h1-4,9,16H,5-8,10H2. The van der Waals surface area contributed by atoms with E-state index in [0.29, 0.717) is 11.8 Å². The van der Waals surface area contributed by atoms with E-state index in [2.05, 4.69) is 15.2 Å². The molecular weight excluding hydrogens is 278 g/mol. The number of pyridine rings is 1.